The lowest BCUT2D eigenvalue weighted by Gasteiger charge is -2.15. The fraction of sp³-hybridized carbons (Fsp3) is 0.0714. The second-order valence-electron chi connectivity index (χ2n) is 4.11. The Morgan fingerprint density at radius 3 is 2.33 bits per heavy atom. The maximum Gasteiger partial charge on any atom is 0.420 e. The molecule has 0 aromatic heterocycles. The third kappa shape index (κ3) is 4.09. The molecule has 0 radical (unpaired) electrons. The minimum Gasteiger partial charge on any atom is -0.457 e. The second-order valence-corrected chi connectivity index (χ2v) is 4.55. The van der Waals surface area contributed by atoms with Gasteiger partial charge in [0, 0.05) is 5.69 Å². The Morgan fingerprint density at radius 2 is 1.76 bits per heavy atom. The number of alkyl halides is 3. The largest absolute Gasteiger partial charge is 0.457 e. The SMILES string of the molecule is NC(=S)Nc1ccc(Oc2ccccc2)c(C(F)(F)F)c1. The number of ether oxygens (including phenoxy) is 1. The number of benzene rings is 2. The van der Waals surface area contributed by atoms with Crippen molar-refractivity contribution in [1.29, 1.82) is 0 Å². The lowest BCUT2D eigenvalue weighted by molar-refractivity contribution is -0.138. The average Bonchev–Trinajstić information content (AvgIpc) is 2.40. The summed E-state index contributed by atoms with van der Waals surface area (Å²) in [4.78, 5) is 0. The maximum absolute atomic E-state index is 13.1. The van der Waals surface area contributed by atoms with Crippen LogP contribution in [0.1, 0.15) is 5.56 Å². The monoisotopic (exact) mass is 312 g/mol. The number of hydrogen-bond donors (Lipinski definition) is 2. The molecule has 0 bridgehead atoms. The van der Waals surface area contributed by atoms with E-state index in [1.54, 1.807) is 30.3 Å². The zero-order valence-electron chi connectivity index (χ0n) is 10.6. The molecule has 0 atom stereocenters. The molecule has 0 aliphatic carbocycles. The van der Waals surface area contributed by atoms with E-state index < -0.39 is 11.7 Å². The van der Waals surface area contributed by atoms with Crippen molar-refractivity contribution in [3.8, 4) is 11.5 Å². The van der Waals surface area contributed by atoms with Crippen LogP contribution in [-0.4, -0.2) is 5.11 Å². The average molecular weight is 312 g/mol. The highest BCUT2D eigenvalue weighted by Gasteiger charge is 2.35. The predicted molar refractivity (Wildman–Crippen MR) is 78.4 cm³/mol. The molecule has 2 aromatic carbocycles. The lowest BCUT2D eigenvalue weighted by atomic mass is 10.1. The highest BCUT2D eigenvalue weighted by Crippen LogP contribution is 2.39. The maximum atomic E-state index is 13.1. The Balaban J connectivity index is 2.38. The first-order chi connectivity index (χ1) is 9.86. The van der Waals surface area contributed by atoms with E-state index in [9.17, 15) is 13.2 Å². The van der Waals surface area contributed by atoms with Gasteiger partial charge in [-0.1, -0.05) is 18.2 Å². The smallest absolute Gasteiger partial charge is 0.420 e. The van der Waals surface area contributed by atoms with Crippen LogP contribution >= 0.6 is 12.2 Å². The molecule has 0 unspecified atom stereocenters. The minimum atomic E-state index is -4.56. The lowest BCUT2D eigenvalue weighted by Crippen LogP contribution is -2.19. The standard InChI is InChI=1S/C14H11F3N2OS/c15-14(16,17)11-8-9(19-13(18)21)6-7-12(11)20-10-4-2-1-3-5-10/h1-8H,(H3,18,19,21). The highest BCUT2D eigenvalue weighted by molar-refractivity contribution is 7.80. The van der Waals surface area contributed by atoms with Gasteiger partial charge in [-0.25, -0.2) is 0 Å². The molecule has 3 nitrogen and oxygen atoms in total. The molecule has 3 N–H and O–H groups in total. The van der Waals surface area contributed by atoms with Gasteiger partial charge in [0.05, 0.1) is 0 Å². The van der Waals surface area contributed by atoms with Crippen molar-refractivity contribution in [3.05, 3.63) is 54.1 Å². The molecular weight excluding hydrogens is 301 g/mol. The molecule has 2 rings (SSSR count). The van der Waals surface area contributed by atoms with Gasteiger partial charge >= 0.3 is 6.18 Å². The van der Waals surface area contributed by atoms with Gasteiger partial charge in [0.25, 0.3) is 0 Å². The molecule has 0 saturated carbocycles. The normalized spacial score (nSPS) is 11.0. The predicted octanol–water partition coefficient (Wildman–Crippen LogP) is 4.15. The van der Waals surface area contributed by atoms with Crippen molar-refractivity contribution in [1.82, 2.24) is 0 Å². The van der Waals surface area contributed by atoms with Gasteiger partial charge in [-0.2, -0.15) is 13.2 Å². The molecular formula is C14H11F3N2OS. The fourth-order valence-electron chi connectivity index (χ4n) is 1.68. The van der Waals surface area contributed by atoms with Gasteiger partial charge in [0.1, 0.15) is 17.1 Å². The summed E-state index contributed by atoms with van der Waals surface area (Å²) in [5, 5.41) is 2.35. The Kier molecular flexibility index (Phi) is 4.32. The number of halogens is 3. The number of thiocarbonyl (C=S) groups is 1. The third-order valence-electron chi connectivity index (χ3n) is 2.52. The molecule has 0 spiro atoms. The summed E-state index contributed by atoms with van der Waals surface area (Å²) < 4.78 is 44.6. The number of nitrogens with one attached hydrogen (secondary N) is 1. The Hall–Kier alpha value is -2.28. The van der Waals surface area contributed by atoms with Crippen LogP contribution in [-0.2, 0) is 6.18 Å². The van der Waals surface area contributed by atoms with Gasteiger partial charge < -0.3 is 15.8 Å². The van der Waals surface area contributed by atoms with Crippen molar-refractivity contribution in [2.24, 2.45) is 5.73 Å². The van der Waals surface area contributed by atoms with Gasteiger partial charge in [0.15, 0.2) is 5.11 Å². The van der Waals surface area contributed by atoms with E-state index in [2.05, 4.69) is 17.5 Å². The van der Waals surface area contributed by atoms with Gasteiger partial charge in [0.2, 0.25) is 0 Å². The first kappa shape index (κ1) is 15.1. The first-order valence-electron chi connectivity index (χ1n) is 5.87. The van der Waals surface area contributed by atoms with Crippen LogP contribution < -0.4 is 15.8 Å². The zero-order chi connectivity index (χ0) is 15.5. The van der Waals surface area contributed by atoms with Crippen LogP contribution in [0.15, 0.2) is 48.5 Å². The molecule has 21 heavy (non-hydrogen) atoms. The van der Waals surface area contributed by atoms with E-state index in [4.69, 9.17) is 10.5 Å². The molecule has 110 valence electrons. The fourth-order valence-corrected chi connectivity index (χ4v) is 1.79. The summed E-state index contributed by atoms with van der Waals surface area (Å²) in [5.74, 6) is 0.0280. The molecule has 0 aliphatic heterocycles. The summed E-state index contributed by atoms with van der Waals surface area (Å²) in [6.07, 6.45) is -4.56. The van der Waals surface area contributed by atoms with Crippen LogP contribution in [0.5, 0.6) is 11.5 Å². The quantitative estimate of drug-likeness (QED) is 0.836. The van der Waals surface area contributed by atoms with Crippen molar-refractivity contribution in [2.75, 3.05) is 5.32 Å². The van der Waals surface area contributed by atoms with Crippen LogP contribution in [0, 0.1) is 0 Å². The van der Waals surface area contributed by atoms with Crippen LogP contribution in [0.4, 0.5) is 18.9 Å². The Bertz CT molecular complexity index is 644. The number of rotatable bonds is 3. The summed E-state index contributed by atoms with van der Waals surface area (Å²) in [5.41, 5.74) is 4.49. The molecule has 2 aromatic rings. The molecule has 7 heteroatoms. The van der Waals surface area contributed by atoms with Crippen LogP contribution in [0.25, 0.3) is 0 Å². The van der Waals surface area contributed by atoms with E-state index in [1.165, 1.54) is 12.1 Å². The highest BCUT2D eigenvalue weighted by atomic mass is 32.1. The van der Waals surface area contributed by atoms with E-state index in [1.807, 2.05) is 0 Å². The van der Waals surface area contributed by atoms with Gasteiger partial charge in [-0.05, 0) is 42.5 Å². The van der Waals surface area contributed by atoms with Gasteiger partial charge in [-0.3, -0.25) is 0 Å². The van der Waals surface area contributed by atoms with E-state index in [0.717, 1.165) is 6.07 Å². The summed E-state index contributed by atoms with van der Waals surface area (Å²) in [6.45, 7) is 0. The van der Waals surface area contributed by atoms with E-state index >= 15 is 0 Å². The van der Waals surface area contributed by atoms with Gasteiger partial charge in [-0.15, -0.1) is 0 Å². The van der Waals surface area contributed by atoms with Crippen molar-refractivity contribution in [3.63, 3.8) is 0 Å². The van der Waals surface area contributed by atoms with E-state index in [0.29, 0.717) is 5.75 Å². The van der Waals surface area contributed by atoms with Crippen molar-refractivity contribution >= 4 is 23.0 Å². The zero-order valence-corrected chi connectivity index (χ0v) is 11.5. The first-order valence-corrected chi connectivity index (χ1v) is 6.27. The summed E-state index contributed by atoms with van der Waals surface area (Å²) in [7, 11) is 0. The molecule has 0 fully saturated rings. The Morgan fingerprint density at radius 1 is 1.10 bits per heavy atom. The minimum absolute atomic E-state index is 0.111. The molecule has 0 aliphatic rings. The number of hydrogen-bond acceptors (Lipinski definition) is 2. The number of para-hydroxylation sites is 1. The molecule has 0 saturated heterocycles. The number of nitrogens with two attached hydrogens (primary N) is 1. The summed E-state index contributed by atoms with van der Waals surface area (Å²) >= 11 is 4.61. The van der Waals surface area contributed by atoms with Crippen LogP contribution in [0.3, 0.4) is 0 Å². The molecule has 0 amide bonds. The van der Waals surface area contributed by atoms with Crippen LogP contribution in [0.2, 0.25) is 0 Å². The van der Waals surface area contributed by atoms with Crippen molar-refractivity contribution < 1.29 is 17.9 Å². The third-order valence-corrected chi connectivity index (χ3v) is 2.63. The topological polar surface area (TPSA) is 47.3 Å². The van der Waals surface area contributed by atoms with Crippen molar-refractivity contribution in [2.45, 2.75) is 6.18 Å². The second kappa shape index (κ2) is 6.01. The van der Waals surface area contributed by atoms with E-state index in [-0.39, 0.29) is 16.5 Å². The summed E-state index contributed by atoms with van der Waals surface area (Å²) in [6, 6.07) is 11.8. The molecule has 0 heterocycles. The number of anilines is 1. The Labute approximate surface area is 124 Å².